The Morgan fingerprint density at radius 1 is 0.347 bits per heavy atom. The van der Waals surface area contributed by atoms with Crippen LogP contribution in [0.15, 0.2) is 136 Å². The number of aryl methyl sites for hydroxylation is 1. The minimum Gasteiger partial charge on any atom is -0.772 e. The summed E-state index contributed by atoms with van der Waals surface area (Å²) in [6.45, 7) is 58.8. The van der Waals surface area contributed by atoms with E-state index >= 15 is 0 Å². The van der Waals surface area contributed by atoms with Crippen molar-refractivity contribution in [1.29, 1.82) is 0 Å². The second-order valence-corrected chi connectivity index (χ2v) is 53.7. The minimum atomic E-state index is -3.60. The van der Waals surface area contributed by atoms with Gasteiger partial charge in [-0.1, -0.05) is 276 Å². The summed E-state index contributed by atoms with van der Waals surface area (Å²) in [6.07, 6.45) is 13.4. The Morgan fingerprint density at radius 3 is 0.867 bits per heavy atom. The Bertz CT molecular complexity index is 5370. The number of aromatic nitrogens is 6. The van der Waals surface area contributed by atoms with Gasteiger partial charge in [0.1, 0.15) is 0 Å². The number of sulfonamides is 2. The van der Waals surface area contributed by atoms with Gasteiger partial charge in [-0.05, 0) is 212 Å². The summed E-state index contributed by atoms with van der Waals surface area (Å²) >= 11 is 5.44. The maximum atomic E-state index is 13.8. The number of carbonyl (C=O) groups excluding carboxylic acids is 3. The number of likely N-dealkylation sites (tertiary alicyclic amines) is 3. The first-order chi connectivity index (χ1) is 71.4. The minimum absolute atomic E-state index is 0.0625. The fourth-order valence-electron chi connectivity index (χ4n) is 21.0. The van der Waals surface area contributed by atoms with Crippen LogP contribution >= 0.6 is 31.9 Å². The summed E-state index contributed by atoms with van der Waals surface area (Å²) in [4.78, 5) is 89.8. The summed E-state index contributed by atoms with van der Waals surface area (Å²) in [7, 11) is -7.19. The fourth-order valence-corrected chi connectivity index (χ4v) is 26.3. The molecule has 1 atom stereocenters. The predicted molar refractivity (Wildman–Crippen MR) is 618 cm³/mol. The van der Waals surface area contributed by atoms with Gasteiger partial charge in [0.25, 0.3) is 0 Å². The van der Waals surface area contributed by atoms with E-state index < -0.39 is 31.1 Å². The van der Waals surface area contributed by atoms with Gasteiger partial charge in [-0.25, -0.2) is 31.8 Å². The number of fused-ring (bicyclic) bond motifs is 6. The lowest BCUT2D eigenvalue weighted by molar-refractivity contribution is -0.134. The third-order valence-electron chi connectivity index (χ3n) is 29.2. The van der Waals surface area contributed by atoms with Crippen LogP contribution in [-0.4, -0.2) is 264 Å². The molecule has 7 aliphatic heterocycles. The lowest BCUT2D eigenvalue weighted by Crippen LogP contribution is -2.55. The van der Waals surface area contributed by atoms with E-state index in [0.717, 1.165) is 264 Å². The molecule has 7 aliphatic rings. The molecule has 2 aromatic heterocycles. The number of piperazine rings is 3. The van der Waals surface area contributed by atoms with Crippen LogP contribution in [0, 0.1) is 60.2 Å². The first-order valence-corrected chi connectivity index (χ1v) is 61.9. The van der Waals surface area contributed by atoms with Crippen molar-refractivity contribution in [2.45, 2.75) is 285 Å². The average molecular weight is 2250 g/mol. The molecule has 1 unspecified atom stereocenters. The van der Waals surface area contributed by atoms with Crippen LogP contribution in [0.2, 0.25) is 0 Å². The summed E-state index contributed by atoms with van der Waals surface area (Å²) in [5.74, 6) is 9.98. The Labute approximate surface area is 919 Å². The van der Waals surface area contributed by atoms with Gasteiger partial charge < -0.3 is 39.3 Å². The van der Waals surface area contributed by atoms with Gasteiger partial charge in [-0.3, -0.25) is 33.3 Å². The smallest absolute Gasteiger partial charge is 0.232 e. The number of nitrogens with one attached hydrogen (secondary N) is 1. The highest BCUT2D eigenvalue weighted by atomic mass is 79.9. The Kier molecular flexibility index (Phi) is 46.6. The fraction of sp³-hybridized carbons (Fsp3) is 0.619. The molecule has 0 spiro atoms. The average Bonchev–Trinajstić information content (AvgIpc) is 0.784. The van der Waals surface area contributed by atoms with Gasteiger partial charge in [0.05, 0.1) is 11.5 Å². The van der Waals surface area contributed by atoms with Crippen LogP contribution in [0.5, 0.6) is 0 Å². The van der Waals surface area contributed by atoms with Crippen molar-refractivity contribution < 1.29 is 40.0 Å². The van der Waals surface area contributed by atoms with E-state index in [1.165, 1.54) is 16.7 Å². The number of nitrogens with zero attached hydrogens (tertiary/aromatic N) is 17. The van der Waals surface area contributed by atoms with E-state index in [9.17, 15) is 40.0 Å². The Morgan fingerprint density at radius 2 is 0.607 bits per heavy atom. The van der Waals surface area contributed by atoms with Gasteiger partial charge in [0.15, 0.2) is 17.5 Å². The van der Waals surface area contributed by atoms with E-state index in [-0.39, 0.29) is 49.5 Å². The predicted octanol–water partition coefficient (Wildman–Crippen LogP) is 20.6. The summed E-state index contributed by atoms with van der Waals surface area (Å²) in [6, 6.07) is 45.7. The third-order valence-corrected chi connectivity index (χ3v) is 34.3. The van der Waals surface area contributed by atoms with E-state index in [2.05, 4.69) is 267 Å². The van der Waals surface area contributed by atoms with Crippen LogP contribution in [0.25, 0.3) is 34.2 Å². The number of hydrogen-bond acceptors (Lipinski definition) is 22. The van der Waals surface area contributed by atoms with Crippen LogP contribution in [0.4, 0.5) is 17.8 Å². The van der Waals surface area contributed by atoms with Crippen LogP contribution in [0.1, 0.15) is 257 Å². The van der Waals surface area contributed by atoms with E-state index in [0.29, 0.717) is 146 Å². The first kappa shape index (κ1) is 120. The molecule has 32 heteroatoms. The highest BCUT2D eigenvalue weighted by molar-refractivity contribution is 9.10. The highest BCUT2D eigenvalue weighted by Crippen LogP contribution is 2.35. The van der Waals surface area contributed by atoms with Crippen molar-refractivity contribution in [1.82, 2.24) is 73.2 Å². The van der Waals surface area contributed by atoms with Crippen molar-refractivity contribution in [2.24, 2.45) is 53.3 Å². The SMILES string of the molecule is CC(C)CC(=O)N1CCC(N2CCN(c3nc(N4CCN(C5CCN(C(=O)CC(C)C)CC5)CC4)nc(N4CCN(C5CCN(C(=O)CC(C)C)CC5)CC4)n3)CC2)CC1.CC(C)CCS(=O)[O-].CC(C)Cc1ccc(-c2nc(-c3ccc(CC(C)C)cc3)nc(-c3ccc(CC(C)C)cc3)n2)cc1.Cc1cc2cc(c1)CN(S(=O)(=O)CCC(C)C)Cc1cc(Br)cc(c1)CN(S(=O)(=O)CCC(C)C)Cc1cc(Br)cc(c1)CNC2. The Hall–Kier alpha value is -8.12. The molecule has 0 aliphatic carbocycles. The maximum absolute atomic E-state index is 13.8. The van der Waals surface area contributed by atoms with E-state index in [4.69, 9.17) is 29.9 Å². The molecule has 0 saturated carbocycles. The lowest BCUT2D eigenvalue weighted by atomic mass is 10.0. The van der Waals surface area contributed by atoms with Gasteiger partial charge in [0, 0.05) is 226 Å². The zero-order valence-electron chi connectivity index (χ0n) is 93.5. The molecule has 8 aromatic rings. The van der Waals surface area contributed by atoms with Crippen molar-refractivity contribution in [3.8, 4) is 34.2 Å². The maximum Gasteiger partial charge on any atom is 0.232 e. The largest absolute Gasteiger partial charge is 0.772 e. The van der Waals surface area contributed by atoms with Gasteiger partial charge in [0.2, 0.25) is 55.6 Å². The van der Waals surface area contributed by atoms with E-state index in [1.807, 2.05) is 72.7 Å². The molecule has 6 aromatic carbocycles. The number of rotatable bonds is 32. The van der Waals surface area contributed by atoms with Crippen LogP contribution in [0.3, 0.4) is 0 Å². The normalized spacial score (nSPS) is 17.7. The molecule has 6 fully saturated rings. The summed E-state index contributed by atoms with van der Waals surface area (Å²) in [5.41, 5.74) is 13.7. The number of benzene rings is 6. The molecule has 1 N–H and O–H groups in total. The molecule has 0 radical (unpaired) electrons. The molecule has 6 saturated heterocycles. The van der Waals surface area contributed by atoms with Crippen LogP contribution in [-0.2, 0) is 104 Å². The second-order valence-electron chi connectivity index (χ2n) is 46.7. The number of hydrogen-bond donors (Lipinski definition) is 1. The molecule has 15 rings (SSSR count). The quantitative estimate of drug-likeness (QED) is 0.0383. The highest BCUT2D eigenvalue weighted by Gasteiger charge is 2.37. The first-order valence-electron chi connectivity index (χ1n) is 55.9. The molecular formula is C118H175Br2N18O9S3-. The lowest BCUT2D eigenvalue weighted by Gasteiger charge is -2.44. The van der Waals surface area contributed by atoms with E-state index in [1.54, 1.807) is 8.61 Å². The number of anilines is 3. The van der Waals surface area contributed by atoms with Gasteiger partial charge >= 0.3 is 0 Å². The molecule has 3 amide bonds. The Balaban J connectivity index is 0.000000198. The molecule has 9 heterocycles. The number of halogens is 2. The number of piperidine rings is 3. The zero-order chi connectivity index (χ0) is 108. The topological polar surface area (TPSA) is 285 Å². The standard InChI is InChI=1S/C45H78N12O3.C35H47Br2N3O4S2.C33H39N3.C5H12O2S/c1-34(2)31-40(58)52-13-7-37(8-14-52)49-19-25-55(26-20-49)43-46-44(56-27-21-50(22-28-56)38-9-15-53(16-10-38)41(59)32-35(3)4)48-45(47-43)57-29-23-51(24-30-57)39-11-17-54(18-12-39)42(60)33-36(5)6;1-25(2)6-8-45(41,42)39-21-30-11-27(5)10-28(12-30)19-38-20-29-13-31(16-34(36)15-29)22-40(46(43,44)9-7-26(3)4)24-33-14-32(23-39)17-35(37)18-33;1-22(2)19-25-7-13-28(14-8-25)31-34-32(29-15-9-26(10-16-29)20-23(3)4)36-33(35-31)30-17-11-27(12-18-30)21-24(5)6;1-5(2)3-4-8(6)7/h34-39H,7-33H2,1-6H3;10-18,25-26,38H,6-9,19-24H2,1-5H3;7-18,22-24H,19-21H2,1-6H3;5H,3-4H2,1-2H3,(H,6,7)/p-1. The summed E-state index contributed by atoms with van der Waals surface area (Å²) in [5, 5.41) is 3.53. The number of amides is 3. The molecule has 6 bridgehead atoms. The van der Waals surface area contributed by atoms with Crippen molar-refractivity contribution in [2.75, 3.05) is 150 Å². The van der Waals surface area contributed by atoms with Crippen molar-refractivity contribution in [3.05, 3.63) is 192 Å². The monoisotopic (exact) mass is 2240 g/mol. The molecule has 150 heavy (non-hydrogen) atoms. The third kappa shape index (κ3) is 38.5. The summed E-state index contributed by atoms with van der Waals surface area (Å²) < 4.78 is 79.9. The zero-order valence-corrected chi connectivity index (χ0v) is 99.1. The molecule has 824 valence electrons. The molecule has 27 nitrogen and oxygen atoms in total. The number of carbonyl (C=O) groups is 3. The molecular weight excluding hydrogens is 2070 g/mol. The van der Waals surface area contributed by atoms with Crippen molar-refractivity contribution in [3.63, 3.8) is 0 Å². The van der Waals surface area contributed by atoms with Gasteiger partial charge in [-0.2, -0.15) is 23.6 Å². The van der Waals surface area contributed by atoms with Gasteiger partial charge in [-0.15, -0.1) is 0 Å². The van der Waals surface area contributed by atoms with Crippen LogP contribution < -0.4 is 20.0 Å². The second kappa shape index (κ2) is 58.1. The van der Waals surface area contributed by atoms with Crippen molar-refractivity contribution >= 4 is 98.6 Å².